The van der Waals surface area contributed by atoms with Crippen LogP contribution in [0.1, 0.15) is 5.56 Å². The number of rotatable bonds is 3. The van der Waals surface area contributed by atoms with E-state index in [9.17, 15) is 8.42 Å². The molecule has 2 aromatic rings. The van der Waals surface area contributed by atoms with Gasteiger partial charge in [-0.15, -0.1) is 0 Å². The molecule has 0 amide bonds. The van der Waals surface area contributed by atoms with Crippen molar-refractivity contribution >= 4 is 15.9 Å². The van der Waals surface area contributed by atoms with Crippen molar-refractivity contribution in [2.24, 2.45) is 0 Å². The summed E-state index contributed by atoms with van der Waals surface area (Å²) >= 11 is 0. The fraction of sp³-hybridized carbons (Fsp3) is 0.100. The smallest absolute Gasteiger partial charge is 0.294 e. The van der Waals surface area contributed by atoms with Crippen molar-refractivity contribution in [2.45, 2.75) is 11.4 Å². The molecule has 0 saturated carbocycles. The number of aromatic nitrogens is 2. The molecule has 1 aromatic carbocycles. The quantitative estimate of drug-likeness (QED) is 0.787. The summed E-state index contributed by atoms with van der Waals surface area (Å²) in [4.78, 5) is -0.138. The van der Waals surface area contributed by atoms with Crippen LogP contribution in [0.2, 0.25) is 0 Å². The van der Waals surface area contributed by atoms with Crippen molar-refractivity contribution in [3.63, 3.8) is 0 Å². The van der Waals surface area contributed by atoms with Gasteiger partial charge < -0.3 is 5.73 Å². The lowest BCUT2D eigenvalue weighted by Gasteiger charge is -2.05. The Morgan fingerprint density at radius 3 is 2.71 bits per heavy atom. The Kier molecular flexibility index (Phi) is 2.86. The number of benzene rings is 1. The van der Waals surface area contributed by atoms with E-state index in [0.29, 0.717) is 17.9 Å². The van der Waals surface area contributed by atoms with E-state index < -0.39 is 10.1 Å². The minimum Gasteiger partial charge on any atom is -0.384 e. The lowest BCUT2D eigenvalue weighted by atomic mass is 10.2. The summed E-state index contributed by atoms with van der Waals surface area (Å²) in [5.74, 6) is 0.488. The Bertz CT molecular complexity index is 634. The minimum atomic E-state index is -4.18. The molecule has 6 nitrogen and oxygen atoms in total. The van der Waals surface area contributed by atoms with Gasteiger partial charge in [0.2, 0.25) is 0 Å². The molecule has 0 bridgehead atoms. The Balaban J connectivity index is 2.32. The average Bonchev–Trinajstić information content (AvgIpc) is 2.64. The van der Waals surface area contributed by atoms with Gasteiger partial charge in [-0.05, 0) is 23.8 Å². The van der Waals surface area contributed by atoms with Gasteiger partial charge in [-0.25, -0.2) is 4.68 Å². The lowest BCUT2D eigenvalue weighted by molar-refractivity contribution is 0.483. The van der Waals surface area contributed by atoms with Gasteiger partial charge in [0, 0.05) is 0 Å². The molecule has 17 heavy (non-hydrogen) atoms. The molecular formula is C10H11N3O3S. The molecule has 1 heterocycles. The highest BCUT2D eigenvalue weighted by Crippen LogP contribution is 2.13. The first-order chi connectivity index (χ1) is 7.97. The topological polar surface area (TPSA) is 98.2 Å². The van der Waals surface area contributed by atoms with Crippen LogP contribution in [-0.2, 0) is 16.7 Å². The number of nitrogens with zero attached hydrogens (tertiary/aromatic N) is 2. The average molecular weight is 253 g/mol. The van der Waals surface area contributed by atoms with Gasteiger partial charge in [0.1, 0.15) is 5.82 Å². The molecule has 0 aliphatic rings. The lowest BCUT2D eigenvalue weighted by Crippen LogP contribution is -2.06. The van der Waals surface area contributed by atoms with Crippen LogP contribution in [0.4, 0.5) is 5.82 Å². The molecule has 0 spiro atoms. The number of hydrogen-bond acceptors (Lipinski definition) is 4. The molecule has 2 rings (SSSR count). The second-order valence-corrected chi connectivity index (χ2v) is 4.96. The Labute approximate surface area is 98.4 Å². The van der Waals surface area contributed by atoms with Gasteiger partial charge in [0.05, 0.1) is 17.6 Å². The summed E-state index contributed by atoms with van der Waals surface area (Å²) in [5, 5.41) is 3.98. The molecule has 7 heteroatoms. The summed E-state index contributed by atoms with van der Waals surface area (Å²) < 4.78 is 32.4. The van der Waals surface area contributed by atoms with Gasteiger partial charge in [-0.2, -0.15) is 13.5 Å². The van der Waals surface area contributed by atoms with Crippen molar-refractivity contribution in [3.8, 4) is 0 Å². The molecule has 0 unspecified atom stereocenters. The van der Waals surface area contributed by atoms with Crippen molar-refractivity contribution < 1.29 is 13.0 Å². The number of anilines is 1. The first-order valence-corrected chi connectivity index (χ1v) is 6.24. The van der Waals surface area contributed by atoms with Crippen LogP contribution >= 0.6 is 0 Å². The minimum absolute atomic E-state index is 0.138. The van der Waals surface area contributed by atoms with Crippen LogP contribution < -0.4 is 5.73 Å². The second-order valence-electron chi connectivity index (χ2n) is 3.54. The maximum atomic E-state index is 11.0. The molecule has 0 saturated heterocycles. The molecule has 0 radical (unpaired) electrons. The normalized spacial score (nSPS) is 11.6. The van der Waals surface area contributed by atoms with E-state index in [1.54, 1.807) is 24.4 Å². The maximum Gasteiger partial charge on any atom is 0.294 e. The van der Waals surface area contributed by atoms with E-state index >= 15 is 0 Å². The molecule has 0 atom stereocenters. The van der Waals surface area contributed by atoms with Crippen LogP contribution in [0.3, 0.4) is 0 Å². The maximum absolute atomic E-state index is 11.0. The van der Waals surface area contributed by atoms with Gasteiger partial charge >= 0.3 is 0 Å². The number of nitrogens with two attached hydrogens (primary N) is 1. The summed E-state index contributed by atoms with van der Waals surface area (Å²) in [6.07, 6.45) is 1.56. The Morgan fingerprint density at radius 1 is 1.35 bits per heavy atom. The molecule has 0 fully saturated rings. The zero-order valence-electron chi connectivity index (χ0n) is 8.81. The van der Waals surface area contributed by atoms with E-state index in [4.69, 9.17) is 10.3 Å². The fourth-order valence-electron chi connectivity index (χ4n) is 1.45. The summed E-state index contributed by atoms with van der Waals surface area (Å²) in [7, 11) is -4.18. The Hall–Kier alpha value is -1.86. The van der Waals surface area contributed by atoms with Crippen molar-refractivity contribution in [1.29, 1.82) is 0 Å². The highest BCUT2D eigenvalue weighted by atomic mass is 32.2. The van der Waals surface area contributed by atoms with E-state index in [-0.39, 0.29) is 4.90 Å². The summed E-state index contributed by atoms with van der Waals surface area (Å²) in [6, 6.07) is 7.64. The van der Waals surface area contributed by atoms with Gasteiger partial charge in [-0.3, -0.25) is 4.55 Å². The van der Waals surface area contributed by atoms with Crippen molar-refractivity contribution in [3.05, 3.63) is 42.1 Å². The third kappa shape index (κ3) is 2.63. The number of nitrogen functional groups attached to an aromatic ring is 1. The van der Waals surface area contributed by atoms with Crippen LogP contribution in [-0.4, -0.2) is 22.8 Å². The Morgan fingerprint density at radius 2 is 2.12 bits per heavy atom. The fourth-order valence-corrected chi connectivity index (χ4v) is 2.00. The van der Waals surface area contributed by atoms with E-state index in [0.717, 1.165) is 0 Å². The third-order valence-corrected chi connectivity index (χ3v) is 3.13. The first-order valence-electron chi connectivity index (χ1n) is 4.80. The number of hydrogen-bond donors (Lipinski definition) is 2. The monoisotopic (exact) mass is 253 g/mol. The third-order valence-electron chi connectivity index (χ3n) is 2.28. The van der Waals surface area contributed by atoms with Crippen molar-refractivity contribution in [1.82, 2.24) is 9.78 Å². The molecule has 90 valence electrons. The van der Waals surface area contributed by atoms with Crippen LogP contribution in [0.25, 0.3) is 0 Å². The van der Waals surface area contributed by atoms with Crippen LogP contribution in [0.15, 0.2) is 41.4 Å². The zero-order chi connectivity index (χ0) is 12.5. The highest BCUT2D eigenvalue weighted by molar-refractivity contribution is 7.85. The molecule has 0 aliphatic carbocycles. The van der Waals surface area contributed by atoms with E-state index in [1.165, 1.54) is 16.8 Å². The molecular weight excluding hydrogens is 242 g/mol. The SMILES string of the molecule is Nc1ccnn1Cc1cccc(S(=O)(=O)O)c1. The second kappa shape index (κ2) is 4.19. The van der Waals surface area contributed by atoms with Gasteiger partial charge in [0.25, 0.3) is 10.1 Å². The molecule has 0 aliphatic heterocycles. The predicted molar refractivity (Wildman–Crippen MR) is 62.0 cm³/mol. The first kappa shape index (κ1) is 11.6. The van der Waals surface area contributed by atoms with Gasteiger partial charge in [-0.1, -0.05) is 12.1 Å². The highest BCUT2D eigenvalue weighted by Gasteiger charge is 2.10. The van der Waals surface area contributed by atoms with Crippen LogP contribution in [0, 0.1) is 0 Å². The standard InChI is InChI=1S/C10H11N3O3S/c11-10-4-5-12-13(10)7-8-2-1-3-9(6-8)17(14,15)16/h1-6H,7,11H2,(H,14,15,16). The molecule has 1 aromatic heterocycles. The van der Waals surface area contributed by atoms with Gasteiger partial charge in [0.15, 0.2) is 0 Å². The van der Waals surface area contributed by atoms with E-state index in [2.05, 4.69) is 5.10 Å². The van der Waals surface area contributed by atoms with Crippen molar-refractivity contribution in [2.75, 3.05) is 5.73 Å². The largest absolute Gasteiger partial charge is 0.384 e. The predicted octanol–water partition coefficient (Wildman–Crippen LogP) is 0.760. The zero-order valence-corrected chi connectivity index (χ0v) is 9.63. The van der Waals surface area contributed by atoms with E-state index in [1.807, 2.05) is 0 Å². The van der Waals surface area contributed by atoms with Crippen LogP contribution in [0.5, 0.6) is 0 Å². The summed E-state index contributed by atoms with van der Waals surface area (Å²) in [5.41, 5.74) is 6.34. The summed E-state index contributed by atoms with van der Waals surface area (Å²) in [6.45, 7) is 0.349. The molecule has 3 N–H and O–H groups in total.